The van der Waals surface area contributed by atoms with Crippen LogP contribution in [0.25, 0.3) is 0 Å². The number of anilines is 1. The van der Waals surface area contributed by atoms with Gasteiger partial charge in [0.2, 0.25) is 0 Å². The molecule has 1 unspecified atom stereocenters. The summed E-state index contributed by atoms with van der Waals surface area (Å²) in [4.78, 5) is 2.40. The largest absolute Gasteiger partial charge is 0.516 e. The fourth-order valence-electron chi connectivity index (χ4n) is 2.15. The van der Waals surface area contributed by atoms with E-state index in [9.17, 15) is 0 Å². The minimum atomic E-state index is 0.430. The van der Waals surface area contributed by atoms with Crippen LogP contribution in [-0.2, 0) is 0 Å². The molecular weight excluding hydrogens is 200 g/mol. The number of rotatable bonds is 3. The normalized spacial score (nSPS) is 21.5. The molecule has 2 N–H and O–H groups in total. The topological polar surface area (TPSA) is 35.5 Å². The molecule has 16 heavy (non-hydrogen) atoms. The van der Waals surface area contributed by atoms with Crippen LogP contribution >= 0.6 is 0 Å². The van der Waals surface area contributed by atoms with E-state index < -0.39 is 0 Å². The van der Waals surface area contributed by atoms with Crippen LogP contribution in [0.15, 0.2) is 42.7 Å². The summed E-state index contributed by atoms with van der Waals surface area (Å²) in [6.45, 7) is 3.02. The lowest BCUT2D eigenvalue weighted by atomic mass is 10.1. The highest BCUT2D eigenvalue weighted by atomic mass is 16.2. The molecule has 86 valence electrons. The third-order valence-corrected chi connectivity index (χ3v) is 2.95. The first-order valence-corrected chi connectivity index (χ1v) is 5.73. The number of aliphatic hydroxyl groups excluding tert-OH is 1. The summed E-state index contributed by atoms with van der Waals surface area (Å²) in [5.74, 6) is 0. The molecule has 0 radical (unpaired) electrons. The van der Waals surface area contributed by atoms with E-state index in [1.807, 2.05) is 12.1 Å². The fourth-order valence-corrected chi connectivity index (χ4v) is 2.15. The molecule has 1 aromatic rings. The number of piperazine rings is 1. The van der Waals surface area contributed by atoms with Gasteiger partial charge in [-0.3, -0.25) is 0 Å². The van der Waals surface area contributed by atoms with Crippen molar-refractivity contribution in [3.05, 3.63) is 42.7 Å². The Labute approximate surface area is 96.4 Å². The summed E-state index contributed by atoms with van der Waals surface area (Å²) in [6.07, 6.45) is 3.82. The fraction of sp³-hybridized carbons (Fsp3) is 0.385. The summed E-state index contributed by atoms with van der Waals surface area (Å²) >= 11 is 0. The van der Waals surface area contributed by atoms with Crippen LogP contribution in [0.3, 0.4) is 0 Å². The second-order valence-corrected chi connectivity index (χ2v) is 4.01. The molecule has 0 saturated carbocycles. The Kier molecular flexibility index (Phi) is 3.83. The van der Waals surface area contributed by atoms with Gasteiger partial charge in [0, 0.05) is 31.4 Å². The number of nitrogens with zero attached hydrogens (tertiary/aromatic N) is 1. The van der Waals surface area contributed by atoms with Crippen LogP contribution in [0, 0.1) is 0 Å². The second kappa shape index (κ2) is 5.56. The van der Waals surface area contributed by atoms with Crippen molar-refractivity contribution in [2.45, 2.75) is 12.5 Å². The summed E-state index contributed by atoms with van der Waals surface area (Å²) in [5, 5.41) is 12.1. The summed E-state index contributed by atoms with van der Waals surface area (Å²) < 4.78 is 0. The molecule has 1 atom stereocenters. The summed E-state index contributed by atoms with van der Waals surface area (Å²) in [7, 11) is 0. The van der Waals surface area contributed by atoms with Gasteiger partial charge in [0.25, 0.3) is 0 Å². The Hall–Kier alpha value is -1.48. The van der Waals surface area contributed by atoms with Gasteiger partial charge in [0.05, 0.1) is 6.26 Å². The van der Waals surface area contributed by atoms with E-state index in [1.165, 1.54) is 5.69 Å². The van der Waals surface area contributed by atoms with Gasteiger partial charge >= 0.3 is 0 Å². The van der Waals surface area contributed by atoms with E-state index in [4.69, 9.17) is 5.11 Å². The minimum Gasteiger partial charge on any atom is -0.516 e. The van der Waals surface area contributed by atoms with Gasteiger partial charge in [0.1, 0.15) is 0 Å². The zero-order valence-corrected chi connectivity index (χ0v) is 9.34. The SMILES string of the molecule is OC=CCC1CNCCN1c1ccccc1. The molecule has 1 saturated heterocycles. The minimum absolute atomic E-state index is 0.430. The summed E-state index contributed by atoms with van der Waals surface area (Å²) in [5.41, 5.74) is 1.26. The molecule has 0 spiro atoms. The Morgan fingerprint density at radius 2 is 2.19 bits per heavy atom. The monoisotopic (exact) mass is 218 g/mol. The highest BCUT2D eigenvalue weighted by Gasteiger charge is 2.20. The number of benzene rings is 1. The molecule has 1 heterocycles. The smallest absolute Gasteiger partial charge is 0.0752 e. The maximum atomic E-state index is 8.73. The maximum absolute atomic E-state index is 8.73. The molecule has 1 fully saturated rings. The van der Waals surface area contributed by atoms with Crippen LogP contribution in [0.4, 0.5) is 5.69 Å². The van der Waals surface area contributed by atoms with Gasteiger partial charge in [0.15, 0.2) is 0 Å². The molecule has 0 amide bonds. The van der Waals surface area contributed by atoms with Crippen LogP contribution in [0.1, 0.15) is 6.42 Å². The highest BCUT2D eigenvalue weighted by molar-refractivity contribution is 5.47. The molecule has 1 aliphatic heterocycles. The molecule has 1 aromatic carbocycles. The Bertz CT molecular complexity index is 337. The zero-order chi connectivity index (χ0) is 11.2. The third kappa shape index (κ3) is 2.55. The van der Waals surface area contributed by atoms with E-state index in [0.717, 1.165) is 32.3 Å². The predicted molar refractivity (Wildman–Crippen MR) is 66.8 cm³/mol. The van der Waals surface area contributed by atoms with E-state index in [2.05, 4.69) is 34.5 Å². The third-order valence-electron chi connectivity index (χ3n) is 2.95. The average Bonchev–Trinajstić information content (AvgIpc) is 2.38. The molecule has 2 rings (SSSR count). The van der Waals surface area contributed by atoms with E-state index in [0.29, 0.717) is 6.04 Å². The van der Waals surface area contributed by atoms with E-state index in [-0.39, 0.29) is 0 Å². The van der Waals surface area contributed by atoms with Crippen molar-refractivity contribution in [3.8, 4) is 0 Å². The lowest BCUT2D eigenvalue weighted by molar-refractivity contribution is 0.454. The van der Waals surface area contributed by atoms with Crippen molar-refractivity contribution >= 4 is 5.69 Å². The molecule has 1 aliphatic rings. The lowest BCUT2D eigenvalue weighted by Gasteiger charge is -2.37. The van der Waals surface area contributed by atoms with Crippen molar-refractivity contribution in [1.29, 1.82) is 0 Å². The van der Waals surface area contributed by atoms with Crippen LogP contribution < -0.4 is 10.2 Å². The summed E-state index contributed by atoms with van der Waals surface area (Å²) in [6, 6.07) is 10.9. The van der Waals surface area contributed by atoms with Crippen molar-refractivity contribution in [3.63, 3.8) is 0 Å². The van der Waals surface area contributed by atoms with E-state index in [1.54, 1.807) is 0 Å². The van der Waals surface area contributed by atoms with Gasteiger partial charge < -0.3 is 15.3 Å². The Balaban J connectivity index is 2.10. The first-order valence-electron chi connectivity index (χ1n) is 5.73. The Morgan fingerprint density at radius 3 is 2.94 bits per heavy atom. The van der Waals surface area contributed by atoms with Gasteiger partial charge in [-0.25, -0.2) is 0 Å². The van der Waals surface area contributed by atoms with Crippen LogP contribution in [0.5, 0.6) is 0 Å². The van der Waals surface area contributed by atoms with Gasteiger partial charge in [-0.15, -0.1) is 0 Å². The van der Waals surface area contributed by atoms with Crippen molar-refractivity contribution in [2.75, 3.05) is 24.5 Å². The lowest BCUT2D eigenvalue weighted by Crippen LogP contribution is -2.51. The van der Waals surface area contributed by atoms with Crippen molar-refractivity contribution in [2.24, 2.45) is 0 Å². The molecule has 0 aliphatic carbocycles. The van der Waals surface area contributed by atoms with Gasteiger partial charge in [-0.2, -0.15) is 0 Å². The number of para-hydroxylation sites is 1. The maximum Gasteiger partial charge on any atom is 0.0752 e. The van der Waals surface area contributed by atoms with Crippen molar-refractivity contribution < 1.29 is 5.11 Å². The molecule has 3 nitrogen and oxygen atoms in total. The quantitative estimate of drug-likeness (QED) is 0.761. The number of hydrogen-bond donors (Lipinski definition) is 2. The molecule has 3 heteroatoms. The first-order chi connectivity index (χ1) is 7.92. The highest BCUT2D eigenvalue weighted by Crippen LogP contribution is 2.19. The van der Waals surface area contributed by atoms with Gasteiger partial charge in [-0.05, 0) is 24.6 Å². The number of nitrogens with one attached hydrogen (secondary N) is 1. The van der Waals surface area contributed by atoms with Crippen molar-refractivity contribution in [1.82, 2.24) is 5.32 Å². The van der Waals surface area contributed by atoms with Crippen LogP contribution in [0.2, 0.25) is 0 Å². The second-order valence-electron chi connectivity index (χ2n) is 4.01. The first kappa shape index (κ1) is 11.0. The number of aliphatic hydroxyl groups is 1. The van der Waals surface area contributed by atoms with Crippen LogP contribution in [-0.4, -0.2) is 30.8 Å². The predicted octanol–water partition coefficient (Wildman–Crippen LogP) is 1.93. The average molecular weight is 218 g/mol. The molecule has 0 aromatic heterocycles. The Morgan fingerprint density at radius 1 is 1.38 bits per heavy atom. The van der Waals surface area contributed by atoms with E-state index >= 15 is 0 Å². The number of hydrogen-bond acceptors (Lipinski definition) is 3. The standard InChI is InChI=1S/C13H18N2O/c16-10-4-7-13-11-14-8-9-15(13)12-5-2-1-3-6-12/h1-6,10,13-14,16H,7-9,11H2. The van der Waals surface area contributed by atoms with Gasteiger partial charge in [-0.1, -0.05) is 18.2 Å². The zero-order valence-electron chi connectivity index (χ0n) is 9.34. The molecule has 0 bridgehead atoms. The molecular formula is C13H18N2O.